The Bertz CT molecular complexity index is 996. The van der Waals surface area contributed by atoms with Crippen LogP contribution in [0.25, 0.3) is 0 Å². The lowest BCUT2D eigenvalue weighted by Crippen LogP contribution is -2.37. The number of aliphatic hydroxyl groups excluding tert-OH is 1. The van der Waals surface area contributed by atoms with Gasteiger partial charge in [-0.05, 0) is 47.7 Å². The highest BCUT2D eigenvalue weighted by Crippen LogP contribution is 2.35. The van der Waals surface area contributed by atoms with Crippen molar-refractivity contribution in [3.8, 4) is 0 Å². The summed E-state index contributed by atoms with van der Waals surface area (Å²) in [6.45, 7) is 0.180. The lowest BCUT2D eigenvalue weighted by Gasteiger charge is -2.30. The van der Waals surface area contributed by atoms with Crippen molar-refractivity contribution >= 4 is 5.91 Å². The molecule has 8 heteroatoms. The second kappa shape index (κ2) is 10.6. The summed E-state index contributed by atoms with van der Waals surface area (Å²) in [5.41, 5.74) is 1.60. The lowest BCUT2D eigenvalue weighted by atomic mass is 9.92. The van der Waals surface area contributed by atoms with Crippen LogP contribution in [0.5, 0.6) is 0 Å². The van der Waals surface area contributed by atoms with Crippen LogP contribution in [0.15, 0.2) is 60.4 Å². The SMILES string of the molecule is O=C(NC1CCCC1)C1=C[C@@H](c2ccc(C(F)(F)F)cc2)C[C@@H](OCc2ccc(CO)cc2)O1. The Hall–Kier alpha value is -2.84. The average molecular weight is 476 g/mol. The van der Waals surface area contributed by atoms with Gasteiger partial charge in [0, 0.05) is 18.4 Å². The zero-order valence-electron chi connectivity index (χ0n) is 18.7. The first-order valence-electron chi connectivity index (χ1n) is 11.5. The summed E-state index contributed by atoms with van der Waals surface area (Å²) in [6, 6.07) is 12.4. The third-order valence-corrected chi connectivity index (χ3v) is 6.28. The number of hydrogen-bond acceptors (Lipinski definition) is 4. The highest BCUT2D eigenvalue weighted by Gasteiger charge is 2.32. The number of carbonyl (C=O) groups is 1. The number of alkyl halides is 3. The number of nitrogens with one attached hydrogen (secondary N) is 1. The van der Waals surface area contributed by atoms with Crippen molar-refractivity contribution in [1.82, 2.24) is 5.32 Å². The number of aliphatic hydroxyl groups is 1. The number of halogens is 3. The maximum atomic E-state index is 13.0. The monoisotopic (exact) mass is 475 g/mol. The smallest absolute Gasteiger partial charge is 0.416 e. The minimum absolute atomic E-state index is 0.0497. The van der Waals surface area contributed by atoms with E-state index >= 15 is 0 Å². The van der Waals surface area contributed by atoms with Gasteiger partial charge in [-0.1, -0.05) is 49.2 Å². The quantitative estimate of drug-likeness (QED) is 0.579. The minimum atomic E-state index is -4.41. The molecule has 0 unspecified atom stereocenters. The summed E-state index contributed by atoms with van der Waals surface area (Å²) in [5.74, 6) is -0.532. The van der Waals surface area contributed by atoms with Gasteiger partial charge in [-0.2, -0.15) is 13.2 Å². The molecule has 0 bridgehead atoms. The molecule has 1 fully saturated rings. The Labute approximate surface area is 196 Å². The van der Waals surface area contributed by atoms with Gasteiger partial charge in [0.15, 0.2) is 5.76 Å². The molecule has 2 N–H and O–H groups in total. The molecule has 2 aliphatic rings. The summed E-state index contributed by atoms with van der Waals surface area (Å²) in [4.78, 5) is 12.9. The summed E-state index contributed by atoms with van der Waals surface area (Å²) < 4.78 is 50.7. The number of ether oxygens (including phenoxy) is 2. The molecule has 1 saturated carbocycles. The molecule has 1 aliphatic carbocycles. The van der Waals surface area contributed by atoms with Crippen LogP contribution in [0.3, 0.4) is 0 Å². The van der Waals surface area contributed by atoms with E-state index in [4.69, 9.17) is 9.47 Å². The standard InChI is InChI=1S/C26H28F3NO4/c27-26(28,29)21-11-9-19(10-12-21)20-13-23(25(32)30-22-3-1-2-4-22)34-24(14-20)33-16-18-7-5-17(15-31)6-8-18/h5-13,20,22,24,31H,1-4,14-16H2,(H,30,32)/t20-,24+/m1/s1. The summed E-state index contributed by atoms with van der Waals surface area (Å²) in [7, 11) is 0. The molecule has 4 rings (SSSR count). The van der Waals surface area contributed by atoms with E-state index in [0.717, 1.165) is 48.9 Å². The molecule has 2 aromatic rings. The number of rotatable bonds is 7. The molecule has 1 heterocycles. The Morgan fingerprint density at radius 1 is 1.03 bits per heavy atom. The predicted octanol–water partition coefficient (Wildman–Crippen LogP) is 5.19. The van der Waals surface area contributed by atoms with Gasteiger partial charge >= 0.3 is 6.18 Å². The minimum Gasteiger partial charge on any atom is -0.459 e. The van der Waals surface area contributed by atoms with E-state index in [1.807, 2.05) is 12.1 Å². The number of amides is 1. The largest absolute Gasteiger partial charge is 0.459 e. The number of benzene rings is 2. The van der Waals surface area contributed by atoms with Gasteiger partial charge in [0.25, 0.3) is 5.91 Å². The average Bonchev–Trinajstić information content (AvgIpc) is 3.35. The van der Waals surface area contributed by atoms with Gasteiger partial charge in [-0.25, -0.2) is 0 Å². The molecule has 0 spiro atoms. The van der Waals surface area contributed by atoms with Crippen LogP contribution in [-0.2, 0) is 33.7 Å². The van der Waals surface area contributed by atoms with Crippen molar-refractivity contribution < 1.29 is 32.5 Å². The fourth-order valence-electron chi connectivity index (χ4n) is 4.33. The van der Waals surface area contributed by atoms with Crippen molar-refractivity contribution in [3.05, 3.63) is 82.6 Å². The van der Waals surface area contributed by atoms with Crippen LogP contribution in [0.1, 0.15) is 60.3 Å². The van der Waals surface area contributed by atoms with E-state index in [9.17, 15) is 23.1 Å². The van der Waals surface area contributed by atoms with Crippen LogP contribution in [-0.4, -0.2) is 23.3 Å². The Morgan fingerprint density at radius 3 is 2.29 bits per heavy atom. The molecular formula is C26H28F3NO4. The molecular weight excluding hydrogens is 447 g/mol. The van der Waals surface area contributed by atoms with E-state index < -0.39 is 18.0 Å². The Morgan fingerprint density at radius 2 is 1.68 bits per heavy atom. The van der Waals surface area contributed by atoms with Gasteiger partial charge < -0.3 is 19.9 Å². The van der Waals surface area contributed by atoms with Crippen molar-refractivity contribution in [2.75, 3.05) is 0 Å². The molecule has 0 aromatic heterocycles. The molecule has 0 saturated heterocycles. The highest BCUT2D eigenvalue weighted by molar-refractivity contribution is 5.92. The van der Waals surface area contributed by atoms with E-state index in [2.05, 4.69) is 5.32 Å². The fraction of sp³-hybridized carbons (Fsp3) is 0.423. The molecule has 182 valence electrons. The maximum absolute atomic E-state index is 13.0. The molecule has 34 heavy (non-hydrogen) atoms. The van der Waals surface area contributed by atoms with Crippen molar-refractivity contribution in [2.24, 2.45) is 0 Å². The fourth-order valence-corrected chi connectivity index (χ4v) is 4.33. The van der Waals surface area contributed by atoms with E-state index in [0.29, 0.717) is 12.0 Å². The highest BCUT2D eigenvalue weighted by atomic mass is 19.4. The van der Waals surface area contributed by atoms with Gasteiger partial charge in [0.2, 0.25) is 6.29 Å². The first-order valence-corrected chi connectivity index (χ1v) is 11.5. The van der Waals surface area contributed by atoms with Crippen LogP contribution in [0.2, 0.25) is 0 Å². The third-order valence-electron chi connectivity index (χ3n) is 6.28. The Balaban J connectivity index is 1.49. The first kappa shape index (κ1) is 24.3. The van der Waals surface area contributed by atoms with E-state index in [1.54, 1.807) is 18.2 Å². The molecule has 1 aliphatic heterocycles. The predicted molar refractivity (Wildman–Crippen MR) is 119 cm³/mol. The van der Waals surface area contributed by atoms with Gasteiger partial charge in [0.05, 0.1) is 18.8 Å². The topological polar surface area (TPSA) is 67.8 Å². The number of hydrogen-bond donors (Lipinski definition) is 2. The second-order valence-corrected chi connectivity index (χ2v) is 8.78. The van der Waals surface area contributed by atoms with Gasteiger partial charge in [-0.15, -0.1) is 0 Å². The van der Waals surface area contributed by atoms with Crippen LogP contribution < -0.4 is 5.32 Å². The number of allylic oxidation sites excluding steroid dienone is 1. The summed E-state index contributed by atoms with van der Waals surface area (Å²) in [6.07, 6.45) is 0.867. The Kier molecular flexibility index (Phi) is 7.58. The summed E-state index contributed by atoms with van der Waals surface area (Å²) >= 11 is 0. The van der Waals surface area contributed by atoms with Crippen LogP contribution in [0, 0.1) is 0 Å². The normalized spacial score (nSPS) is 21.1. The maximum Gasteiger partial charge on any atom is 0.416 e. The summed E-state index contributed by atoms with van der Waals surface area (Å²) in [5, 5.41) is 12.2. The second-order valence-electron chi connectivity index (χ2n) is 8.78. The molecule has 2 aromatic carbocycles. The number of carbonyl (C=O) groups excluding carboxylic acids is 1. The van der Waals surface area contributed by atoms with Crippen molar-refractivity contribution in [1.29, 1.82) is 0 Å². The van der Waals surface area contributed by atoms with Crippen molar-refractivity contribution in [2.45, 2.75) is 69.7 Å². The molecule has 5 nitrogen and oxygen atoms in total. The zero-order valence-corrected chi connectivity index (χ0v) is 18.7. The van der Waals surface area contributed by atoms with E-state index in [-0.39, 0.29) is 36.8 Å². The molecule has 2 atom stereocenters. The van der Waals surface area contributed by atoms with Crippen LogP contribution in [0.4, 0.5) is 13.2 Å². The van der Waals surface area contributed by atoms with E-state index in [1.165, 1.54) is 12.1 Å². The molecule has 1 amide bonds. The zero-order chi connectivity index (χ0) is 24.1. The third kappa shape index (κ3) is 6.18. The first-order chi connectivity index (χ1) is 16.3. The van der Waals surface area contributed by atoms with Crippen molar-refractivity contribution in [3.63, 3.8) is 0 Å². The van der Waals surface area contributed by atoms with Crippen LogP contribution >= 0.6 is 0 Å². The molecule has 0 radical (unpaired) electrons. The van der Waals surface area contributed by atoms with Gasteiger partial charge in [-0.3, -0.25) is 4.79 Å². The van der Waals surface area contributed by atoms with Gasteiger partial charge in [0.1, 0.15) is 0 Å². The lowest BCUT2D eigenvalue weighted by molar-refractivity contribution is -0.150.